The third-order valence-electron chi connectivity index (χ3n) is 5.67. The average molecular weight is 467 g/mol. The molecule has 3 aromatic carbocycles. The number of carbonyl (C=O) groups excluding carboxylic acids is 1. The molecule has 0 radical (unpaired) electrons. The first-order valence-corrected chi connectivity index (χ1v) is 10.8. The van der Waals surface area contributed by atoms with Gasteiger partial charge in [0, 0.05) is 32.5 Å². The number of nitrogens with two attached hydrogens (primary N) is 1. The van der Waals surface area contributed by atoms with Crippen molar-refractivity contribution in [2.24, 2.45) is 5.73 Å². The van der Waals surface area contributed by atoms with Gasteiger partial charge in [0.15, 0.2) is 0 Å². The van der Waals surface area contributed by atoms with Gasteiger partial charge in [0.05, 0.1) is 23.4 Å². The van der Waals surface area contributed by atoms with Gasteiger partial charge in [-0.25, -0.2) is 4.39 Å². The summed E-state index contributed by atoms with van der Waals surface area (Å²) in [5, 5.41) is 1.36. The van der Waals surface area contributed by atoms with Gasteiger partial charge in [-0.05, 0) is 54.4 Å². The minimum Gasteiger partial charge on any atom is -0.493 e. The van der Waals surface area contributed by atoms with E-state index in [-0.39, 0.29) is 11.5 Å². The fourth-order valence-corrected chi connectivity index (χ4v) is 4.82. The van der Waals surface area contributed by atoms with E-state index in [1.807, 2.05) is 24.3 Å². The van der Waals surface area contributed by atoms with Crippen LogP contribution in [-0.2, 0) is 0 Å². The first-order chi connectivity index (χ1) is 15.4. The maximum absolute atomic E-state index is 15.1. The first-order valence-electron chi connectivity index (χ1n) is 10.0. The van der Waals surface area contributed by atoms with Crippen molar-refractivity contribution < 1.29 is 13.9 Å². The standard InChI is InChI=1S/C25H17Cl2FN2O2/c26-15-9-14(10-16(27)12-15)22-20(28)6-5-13-11-19(25(29)31)24(30-23(13)22)18-7-8-32-21-4-2-1-3-17(18)21/h1-6,9-12,18H,7-8H2,(H2,29,31). The Bertz CT molecular complexity index is 1370. The Labute approximate surface area is 193 Å². The van der Waals surface area contributed by atoms with Gasteiger partial charge >= 0.3 is 0 Å². The molecule has 2 N–H and O–H groups in total. The number of hydrogen-bond acceptors (Lipinski definition) is 3. The highest BCUT2D eigenvalue weighted by Gasteiger charge is 2.28. The average Bonchev–Trinajstić information content (AvgIpc) is 2.77. The van der Waals surface area contributed by atoms with Crippen molar-refractivity contribution in [2.75, 3.05) is 6.61 Å². The fraction of sp³-hybridized carbons (Fsp3) is 0.120. The Morgan fingerprint density at radius 2 is 1.81 bits per heavy atom. The number of aromatic nitrogens is 1. The van der Waals surface area contributed by atoms with Crippen LogP contribution >= 0.6 is 23.2 Å². The number of rotatable bonds is 3. The van der Waals surface area contributed by atoms with Gasteiger partial charge in [-0.2, -0.15) is 0 Å². The number of pyridine rings is 1. The first kappa shape index (κ1) is 20.7. The molecule has 0 spiro atoms. The summed E-state index contributed by atoms with van der Waals surface area (Å²) in [6.07, 6.45) is 0.615. The van der Waals surface area contributed by atoms with Crippen LogP contribution in [0, 0.1) is 5.82 Å². The molecular weight excluding hydrogens is 450 g/mol. The van der Waals surface area contributed by atoms with E-state index in [0.29, 0.717) is 50.8 Å². The van der Waals surface area contributed by atoms with Gasteiger partial charge < -0.3 is 10.5 Å². The second-order valence-electron chi connectivity index (χ2n) is 7.67. The molecule has 1 unspecified atom stereocenters. The molecule has 1 aliphatic heterocycles. The third kappa shape index (κ3) is 3.57. The summed E-state index contributed by atoms with van der Waals surface area (Å²) in [6, 6.07) is 17.1. The van der Waals surface area contributed by atoms with Crippen molar-refractivity contribution in [1.29, 1.82) is 0 Å². The van der Waals surface area contributed by atoms with Gasteiger partial charge in [-0.1, -0.05) is 41.4 Å². The summed E-state index contributed by atoms with van der Waals surface area (Å²) < 4.78 is 20.9. The summed E-state index contributed by atoms with van der Waals surface area (Å²) in [7, 11) is 0. The third-order valence-corrected chi connectivity index (χ3v) is 6.11. The largest absolute Gasteiger partial charge is 0.493 e. The van der Waals surface area contributed by atoms with Crippen LogP contribution < -0.4 is 10.5 Å². The summed E-state index contributed by atoms with van der Waals surface area (Å²) in [5.74, 6) is -0.531. The van der Waals surface area contributed by atoms with Gasteiger partial charge in [0.25, 0.3) is 5.91 Å². The molecule has 5 rings (SSSR count). The second kappa shape index (κ2) is 8.08. The Morgan fingerprint density at radius 3 is 2.56 bits per heavy atom. The van der Waals surface area contributed by atoms with E-state index in [2.05, 4.69) is 0 Å². The molecule has 32 heavy (non-hydrogen) atoms. The van der Waals surface area contributed by atoms with Crippen LogP contribution in [0.4, 0.5) is 4.39 Å². The van der Waals surface area contributed by atoms with E-state index < -0.39 is 11.7 Å². The van der Waals surface area contributed by atoms with Gasteiger partial charge in [-0.15, -0.1) is 0 Å². The summed E-state index contributed by atoms with van der Waals surface area (Å²) in [6.45, 7) is 0.472. The van der Waals surface area contributed by atoms with E-state index in [1.54, 1.807) is 30.3 Å². The van der Waals surface area contributed by atoms with Crippen LogP contribution in [0.15, 0.2) is 60.7 Å². The molecule has 0 aliphatic carbocycles. The number of ether oxygens (including phenoxy) is 1. The van der Waals surface area contributed by atoms with Crippen molar-refractivity contribution in [3.63, 3.8) is 0 Å². The number of hydrogen-bond donors (Lipinski definition) is 1. The maximum Gasteiger partial charge on any atom is 0.250 e. The Morgan fingerprint density at radius 1 is 1.06 bits per heavy atom. The molecule has 7 heteroatoms. The van der Waals surface area contributed by atoms with Crippen LogP contribution in [0.5, 0.6) is 5.75 Å². The van der Waals surface area contributed by atoms with Crippen LogP contribution in [-0.4, -0.2) is 17.5 Å². The molecule has 4 nitrogen and oxygen atoms in total. The molecule has 160 valence electrons. The highest BCUT2D eigenvalue weighted by Crippen LogP contribution is 2.41. The van der Waals surface area contributed by atoms with Gasteiger partial charge in [-0.3, -0.25) is 9.78 Å². The Kier molecular flexibility index (Phi) is 5.24. The van der Waals surface area contributed by atoms with Crippen LogP contribution in [0.2, 0.25) is 10.0 Å². The molecule has 0 saturated carbocycles. The molecule has 1 atom stereocenters. The highest BCUT2D eigenvalue weighted by atomic mass is 35.5. The van der Waals surface area contributed by atoms with Crippen molar-refractivity contribution in [3.8, 4) is 16.9 Å². The number of benzene rings is 3. The molecular formula is C25H17Cl2FN2O2. The lowest BCUT2D eigenvalue weighted by atomic mass is 9.86. The predicted octanol–water partition coefficient (Wildman–Crippen LogP) is 6.36. The summed E-state index contributed by atoms with van der Waals surface area (Å²) in [4.78, 5) is 17.2. The lowest BCUT2D eigenvalue weighted by molar-refractivity contribution is 0.0998. The number of amides is 1. The predicted molar refractivity (Wildman–Crippen MR) is 124 cm³/mol. The van der Waals surface area contributed by atoms with Gasteiger partial charge in [0.2, 0.25) is 0 Å². The summed E-state index contributed by atoms with van der Waals surface area (Å²) in [5.41, 5.74) is 8.63. The van der Waals surface area contributed by atoms with E-state index in [9.17, 15) is 4.79 Å². The number of nitrogens with zero attached hydrogens (tertiary/aromatic N) is 1. The molecule has 2 heterocycles. The molecule has 4 aromatic rings. The van der Waals surface area contributed by atoms with Crippen molar-refractivity contribution in [3.05, 3.63) is 93.3 Å². The summed E-state index contributed by atoms with van der Waals surface area (Å²) >= 11 is 12.4. The van der Waals surface area contributed by atoms with Crippen LogP contribution in [0.1, 0.15) is 34.0 Å². The van der Waals surface area contributed by atoms with E-state index in [0.717, 1.165) is 11.3 Å². The van der Waals surface area contributed by atoms with Crippen LogP contribution in [0.25, 0.3) is 22.0 Å². The second-order valence-corrected chi connectivity index (χ2v) is 8.54. The normalized spacial score (nSPS) is 15.3. The molecule has 1 amide bonds. The minimum atomic E-state index is -0.588. The number of fused-ring (bicyclic) bond motifs is 2. The van der Waals surface area contributed by atoms with E-state index >= 15 is 4.39 Å². The van der Waals surface area contributed by atoms with Gasteiger partial charge in [0.1, 0.15) is 11.6 Å². The topological polar surface area (TPSA) is 65.2 Å². The number of para-hydroxylation sites is 1. The fourth-order valence-electron chi connectivity index (χ4n) is 4.29. The molecule has 0 saturated heterocycles. The number of primary amides is 1. The van der Waals surface area contributed by atoms with Crippen molar-refractivity contribution in [1.82, 2.24) is 4.98 Å². The Balaban J connectivity index is 1.81. The SMILES string of the molecule is NC(=O)c1cc2ccc(F)c(-c3cc(Cl)cc(Cl)c3)c2nc1C1CCOc2ccccc21. The van der Waals surface area contributed by atoms with Crippen LogP contribution in [0.3, 0.4) is 0 Å². The lowest BCUT2D eigenvalue weighted by Gasteiger charge is -2.27. The van der Waals surface area contributed by atoms with E-state index in [1.165, 1.54) is 6.07 Å². The maximum atomic E-state index is 15.1. The zero-order chi connectivity index (χ0) is 22.4. The molecule has 0 bridgehead atoms. The zero-order valence-electron chi connectivity index (χ0n) is 16.7. The molecule has 1 aliphatic rings. The van der Waals surface area contributed by atoms with E-state index in [4.69, 9.17) is 38.7 Å². The lowest BCUT2D eigenvalue weighted by Crippen LogP contribution is -2.21. The van der Waals surface area contributed by atoms with Crippen molar-refractivity contribution in [2.45, 2.75) is 12.3 Å². The number of carbonyl (C=O) groups is 1. The monoisotopic (exact) mass is 466 g/mol. The quantitative estimate of drug-likeness (QED) is 0.381. The zero-order valence-corrected chi connectivity index (χ0v) is 18.3. The minimum absolute atomic E-state index is 0.217. The number of halogens is 3. The smallest absolute Gasteiger partial charge is 0.250 e. The molecule has 0 fully saturated rings. The Hall–Kier alpha value is -3.15. The molecule has 1 aromatic heterocycles. The van der Waals surface area contributed by atoms with Crippen molar-refractivity contribution >= 4 is 40.0 Å². The highest BCUT2D eigenvalue weighted by molar-refractivity contribution is 6.35.